The van der Waals surface area contributed by atoms with Gasteiger partial charge < -0.3 is 15.2 Å². The average molecular weight is 339 g/mol. The van der Waals surface area contributed by atoms with Gasteiger partial charge in [-0.25, -0.2) is 0 Å². The highest BCUT2D eigenvalue weighted by atomic mass is 19.4. The normalized spacial score (nSPS) is 11.2. The van der Waals surface area contributed by atoms with E-state index >= 15 is 0 Å². The van der Waals surface area contributed by atoms with Gasteiger partial charge in [-0.2, -0.15) is 13.2 Å². The van der Waals surface area contributed by atoms with E-state index in [4.69, 9.17) is 9.84 Å². The first-order valence-electron chi connectivity index (χ1n) is 7.19. The molecule has 0 aliphatic rings. The van der Waals surface area contributed by atoms with Crippen molar-refractivity contribution in [3.63, 3.8) is 0 Å². The molecule has 0 unspecified atom stereocenters. The lowest BCUT2D eigenvalue weighted by molar-refractivity contribution is -0.138. The van der Waals surface area contributed by atoms with Crippen LogP contribution in [0.2, 0.25) is 0 Å². The summed E-state index contributed by atoms with van der Waals surface area (Å²) in [6, 6.07) is 11.3. The summed E-state index contributed by atoms with van der Waals surface area (Å²) in [4.78, 5) is 11.8. The third kappa shape index (κ3) is 4.73. The number of aliphatic hydroxyl groups excluding tert-OH is 1. The summed E-state index contributed by atoms with van der Waals surface area (Å²) in [6.45, 7) is -0.337. The lowest BCUT2D eigenvalue weighted by atomic mass is 10.1. The van der Waals surface area contributed by atoms with Crippen molar-refractivity contribution in [1.29, 1.82) is 0 Å². The fourth-order valence-electron chi connectivity index (χ4n) is 2.08. The third-order valence-corrected chi connectivity index (χ3v) is 3.21. The van der Waals surface area contributed by atoms with Crippen LogP contribution < -0.4 is 10.1 Å². The Hall–Kier alpha value is -2.54. The molecule has 0 heterocycles. The second-order valence-corrected chi connectivity index (χ2v) is 4.95. The molecule has 1 amide bonds. The number of carbonyl (C=O) groups excluding carboxylic acids is 1. The Labute approximate surface area is 136 Å². The smallest absolute Gasteiger partial charge is 0.416 e. The quantitative estimate of drug-likeness (QED) is 0.851. The molecule has 2 rings (SSSR count). The van der Waals surface area contributed by atoms with Gasteiger partial charge >= 0.3 is 6.18 Å². The minimum absolute atomic E-state index is 0.0140. The van der Waals surface area contributed by atoms with Crippen LogP contribution in [0.4, 0.5) is 13.2 Å². The summed E-state index contributed by atoms with van der Waals surface area (Å²) in [5.41, 5.74) is -0.438. The molecule has 128 valence electrons. The Morgan fingerprint density at radius 1 is 1.12 bits per heavy atom. The van der Waals surface area contributed by atoms with Crippen molar-refractivity contribution in [2.45, 2.75) is 12.8 Å². The van der Waals surface area contributed by atoms with Crippen LogP contribution in [0, 0.1) is 0 Å². The van der Waals surface area contributed by atoms with E-state index in [9.17, 15) is 18.0 Å². The Bertz CT molecular complexity index is 701. The average Bonchev–Trinajstić information content (AvgIpc) is 2.57. The first-order valence-corrected chi connectivity index (χ1v) is 7.19. The van der Waals surface area contributed by atoms with Crippen LogP contribution in [0.5, 0.6) is 5.75 Å². The Balaban J connectivity index is 2.09. The zero-order chi connectivity index (χ0) is 17.6. The van der Waals surface area contributed by atoms with Gasteiger partial charge in [0.15, 0.2) is 0 Å². The molecule has 4 nitrogen and oxygen atoms in total. The number of amides is 1. The standard InChI is InChI=1S/C17H16F3NO3/c18-17(19,20)15-7-2-1-4-13(15)11-24-14-6-3-5-12(10-14)16(23)21-8-9-22/h1-7,10,22H,8-9,11H2,(H,21,23). The lowest BCUT2D eigenvalue weighted by Gasteiger charge is -2.14. The van der Waals surface area contributed by atoms with Crippen molar-refractivity contribution in [1.82, 2.24) is 5.32 Å². The van der Waals surface area contributed by atoms with Gasteiger partial charge in [0.2, 0.25) is 0 Å². The molecule has 7 heteroatoms. The summed E-state index contributed by atoms with van der Waals surface area (Å²) < 4.78 is 44.2. The van der Waals surface area contributed by atoms with Crippen LogP contribution in [0.1, 0.15) is 21.5 Å². The van der Waals surface area contributed by atoms with E-state index in [2.05, 4.69) is 5.32 Å². The highest BCUT2D eigenvalue weighted by Crippen LogP contribution is 2.32. The summed E-state index contributed by atoms with van der Waals surface area (Å²) in [5, 5.41) is 11.2. The minimum atomic E-state index is -4.45. The molecule has 0 radical (unpaired) electrons. The van der Waals surface area contributed by atoms with E-state index in [0.29, 0.717) is 5.56 Å². The molecule has 0 fully saturated rings. The van der Waals surface area contributed by atoms with Crippen molar-refractivity contribution in [3.8, 4) is 5.75 Å². The molecule has 0 aliphatic heterocycles. The van der Waals surface area contributed by atoms with E-state index < -0.39 is 17.6 Å². The van der Waals surface area contributed by atoms with E-state index in [1.807, 2.05) is 0 Å². The van der Waals surface area contributed by atoms with Gasteiger partial charge in [-0.3, -0.25) is 4.79 Å². The predicted octanol–water partition coefficient (Wildman–Crippen LogP) is 3.01. The molecule has 2 aromatic carbocycles. The molecule has 0 aromatic heterocycles. The van der Waals surface area contributed by atoms with Crippen LogP contribution in [0.15, 0.2) is 48.5 Å². The van der Waals surface area contributed by atoms with Gasteiger partial charge in [0.05, 0.1) is 12.2 Å². The first-order chi connectivity index (χ1) is 11.4. The minimum Gasteiger partial charge on any atom is -0.489 e. The molecular weight excluding hydrogens is 323 g/mol. The van der Waals surface area contributed by atoms with Crippen molar-refractivity contribution >= 4 is 5.91 Å². The summed E-state index contributed by atoms with van der Waals surface area (Å²) in [6.07, 6.45) is -4.45. The number of hydrogen-bond acceptors (Lipinski definition) is 3. The van der Waals surface area contributed by atoms with Gasteiger partial charge in [-0.15, -0.1) is 0 Å². The number of nitrogens with one attached hydrogen (secondary N) is 1. The zero-order valence-electron chi connectivity index (χ0n) is 12.6. The highest BCUT2D eigenvalue weighted by molar-refractivity contribution is 5.94. The predicted molar refractivity (Wildman–Crippen MR) is 81.6 cm³/mol. The largest absolute Gasteiger partial charge is 0.489 e. The molecule has 0 bridgehead atoms. The maximum Gasteiger partial charge on any atom is 0.416 e. The first kappa shape index (κ1) is 17.8. The third-order valence-electron chi connectivity index (χ3n) is 3.21. The Morgan fingerprint density at radius 3 is 2.58 bits per heavy atom. The molecule has 0 saturated heterocycles. The number of rotatable bonds is 6. The van der Waals surface area contributed by atoms with Crippen molar-refractivity contribution < 1.29 is 27.8 Å². The number of aliphatic hydroxyl groups is 1. The fourth-order valence-corrected chi connectivity index (χ4v) is 2.08. The monoisotopic (exact) mass is 339 g/mol. The second-order valence-electron chi connectivity index (χ2n) is 4.95. The SMILES string of the molecule is O=C(NCCO)c1cccc(OCc2ccccc2C(F)(F)F)c1. The van der Waals surface area contributed by atoms with Gasteiger partial charge in [-0.1, -0.05) is 24.3 Å². The molecular formula is C17H16F3NO3. The molecule has 0 spiro atoms. The van der Waals surface area contributed by atoms with E-state index in [1.54, 1.807) is 18.2 Å². The lowest BCUT2D eigenvalue weighted by Crippen LogP contribution is -2.26. The molecule has 24 heavy (non-hydrogen) atoms. The molecule has 0 atom stereocenters. The van der Waals surface area contributed by atoms with Crippen LogP contribution in [0.3, 0.4) is 0 Å². The Morgan fingerprint density at radius 2 is 1.88 bits per heavy atom. The van der Waals surface area contributed by atoms with Crippen LogP contribution >= 0.6 is 0 Å². The van der Waals surface area contributed by atoms with Gasteiger partial charge in [0.25, 0.3) is 5.91 Å². The van der Waals surface area contributed by atoms with Gasteiger partial charge in [0.1, 0.15) is 12.4 Å². The van der Waals surface area contributed by atoms with Crippen molar-refractivity contribution in [3.05, 3.63) is 65.2 Å². The van der Waals surface area contributed by atoms with E-state index in [1.165, 1.54) is 24.3 Å². The number of benzene rings is 2. The molecule has 0 saturated carbocycles. The highest BCUT2D eigenvalue weighted by Gasteiger charge is 2.32. The van der Waals surface area contributed by atoms with Gasteiger partial charge in [0, 0.05) is 17.7 Å². The molecule has 2 aromatic rings. The number of halogens is 3. The summed E-state index contributed by atoms with van der Waals surface area (Å²) in [5.74, 6) is -0.117. The maximum atomic E-state index is 12.9. The number of alkyl halides is 3. The van der Waals surface area contributed by atoms with Crippen molar-refractivity contribution in [2.24, 2.45) is 0 Å². The Kier molecular flexibility index (Phi) is 5.81. The summed E-state index contributed by atoms with van der Waals surface area (Å²) >= 11 is 0. The fraction of sp³-hybridized carbons (Fsp3) is 0.235. The van der Waals surface area contributed by atoms with Gasteiger partial charge in [-0.05, 0) is 24.3 Å². The number of hydrogen-bond donors (Lipinski definition) is 2. The summed E-state index contributed by atoms with van der Waals surface area (Å²) in [7, 11) is 0. The van der Waals surface area contributed by atoms with Crippen molar-refractivity contribution in [2.75, 3.05) is 13.2 Å². The maximum absolute atomic E-state index is 12.9. The molecule has 2 N–H and O–H groups in total. The number of ether oxygens (including phenoxy) is 1. The van der Waals surface area contributed by atoms with E-state index in [0.717, 1.165) is 6.07 Å². The van der Waals surface area contributed by atoms with Crippen LogP contribution in [-0.4, -0.2) is 24.2 Å². The molecule has 0 aliphatic carbocycles. The van der Waals surface area contributed by atoms with Crippen LogP contribution in [-0.2, 0) is 12.8 Å². The van der Waals surface area contributed by atoms with Crippen LogP contribution in [0.25, 0.3) is 0 Å². The number of carbonyl (C=O) groups is 1. The van der Waals surface area contributed by atoms with E-state index in [-0.39, 0.29) is 31.1 Å². The topological polar surface area (TPSA) is 58.6 Å². The zero-order valence-corrected chi connectivity index (χ0v) is 12.6. The second kappa shape index (κ2) is 7.83.